The average molecular weight is 272 g/mol. The second-order valence-electron chi connectivity index (χ2n) is 5.74. The number of hydrogen-bond acceptors (Lipinski definition) is 4. The van der Waals surface area contributed by atoms with E-state index in [1.165, 1.54) is 6.42 Å². The molecule has 0 atom stereocenters. The SMILES string of the molecule is CCCNCC1(CN(CC)CCCO)CCOCC1. The van der Waals surface area contributed by atoms with Crippen molar-refractivity contribution < 1.29 is 9.84 Å². The normalized spacial score (nSPS) is 18.9. The predicted molar refractivity (Wildman–Crippen MR) is 79.5 cm³/mol. The fraction of sp³-hybridized carbons (Fsp3) is 1.00. The maximum Gasteiger partial charge on any atom is 0.0472 e. The van der Waals surface area contributed by atoms with E-state index in [1.54, 1.807) is 0 Å². The van der Waals surface area contributed by atoms with Crippen molar-refractivity contribution in [2.24, 2.45) is 5.41 Å². The van der Waals surface area contributed by atoms with Gasteiger partial charge in [0.25, 0.3) is 0 Å². The van der Waals surface area contributed by atoms with Crippen LogP contribution in [0.5, 0.6) is 0 Å². The Morgan fingerprint density at radius 2 is 2.00 bits per heavy atom. The third-order valence-corrected chi connectivity index (χ3v) is 4.12. The van der Waals surface area contributed by atoms with Crippen LogP contribution in [-0.4, -0.2) is 62.6 Å². The molecule has 0 aromatic heterocycles. The van der Waals surface area contributed by atoms with Gasteiger partial charge in [0.1, 0.15) is 0 Å². The van der Waals surface area contributed by atoms with Gasteiger partial charge in [-0.25, -0.2) is 0 Å². The van der Waals surface area contributed by atoms with Gasteiger partial charge in [-0.3, -0.25) is 0 Å². The van der Waals surface area contributed by atoms with Crippen molar-refractivity contribution in [3.8, 4) is 0 Å². The minimum atomic E-state index is 0.292. The molecule has 1 fully saturated rings. The van der Waals surface area contributed by atoms with E-state index in [1.807, 2.05) is 0 Å². The van der Waals surface area contributed by atoms with E-state index in [0.29, 0.717) is 12.0 Å². The molecular weight excluding hydrogens is 240 g/mol. The van der Waals surface area contributed by atoms with Gasteiger partial charge in [0.05, 0.1) is 0 Å². The van der Waals surface area contributed by atoms with Gasteiger partial charge in [-0.05, 0) is 44.2 Å². The molecule has 1 aliphatic heterocycles. The third kappa shape index (κ3) is 6.21. The first-order chi connectivity index (χ1) is 9.26. The lowest BCUT2D eigenvalue weighted by molar-refractivity contribution is -0.00426. The van der Waals surface area contributed by atoms with Crippen molar-refractivity contribution in [1.82, 2.24) is 10.2 Å². The number of rotatable bonds is 10. The van der Waals surface area contributed by atoms with Crippen LogP contribution < -0.4 is 5.32 Å². The lowest BCUT2D eigenvalue weighted by Crippen LogP contribution is -2.47. The molecule has 0 saturated carbocycles. The highest BCUT2D eigenvalue weighted by atomic mass is 16.5. The van der Waals surface area contributed by atoms with E-state index in [4.69, 9.17) is 9.84 Å². The molecule has 4 heteroatoms. The van der Waals surface area contributed by atoms with E-state index in [-0.39, 0.29) is 0 Å². The zero-order valence-electron chi connectivity index (χ0n) is 12.8. The maximum absolute atomic E-state index is 9.00. The summed E-state index contributed by atoms with van der Waals surface area (Å²) in [5.74, 6) is 0. The molecule has 2 N–H and O–H groups in total. The topological polar surface area (TPSA) is 44.7 Å². The van der Waals surface area contributed by atoms with Gasteiger partial charge in [-0.15, -0.1) is 0 Å². The molecule has 1 saturated heterocycles. The molecule has 0 radical (unpaired) electrons. The van der Waals surface area contributed by atoms with E-state index in [0.717, 1.165) is 65.2 Å². The lowest BCUT2D eigenvalue weighted by Gasteiger charge is -2.41. The Kier molecular flexibility index (Phi) is 8.62. The van der Waals surface area contributed by atoms with Crippen LogP contribution >= 0.6 is 0 Å². The molecular formula is C15H32N2O2. The Labute approximate surface area is 118 Å². The van der Waals surface area contributed by atoms with Crippen molar-refractivity contribution in [2.75, 3.05) is 52.5 Å². The zero-order chi connectivity index (χ0) is 14.0. The van der Waals surface area contributed by atoms with Gasteiger partial charge in [0.2, 0.25) is 0 Å². The maximum atomic E-state index is 9.00. The van der Waals surface area contributed by atoms with Crippen LogP contribution in [-0.2, 0) is 4.74 Å². The lowest BCUT2D eigenvalue weighted by atomic mass is 9.79. The van der Waals surface area contributed by atoms with Crippen molar-refractivity contribution in [3.63, 3.8) is 0 Å². The molecule has 0 bridgehead atoms. The number of hydrogen-bond donors (Lipinski definition) is 2. The molecule has 0 aromatic carbocycles. The predicted octanol–water partition coefficient (Wildman–Crippen LogP) is 1.49. The van der Waals surface area contributed by atoms with Crippen molar-refractivity contribution in [1.29, 1.82) is 0 Å². The monoisotopic (exact) mass is 272 g/mol. The molecule has 1 heterocycles. The molecule has 0 unspecified atom stereocenters. The van der Waals surface area contributed by atoms with Gasteiger partial charge in [-0.2, -0.15) is 0 Å². The highest BCUT2D eigenvalue weighted by Gasteiger charge is 2.33. The summed E-state index contributed by atoms with van der Waals surface area (Å²) in [7, 11) is 0. The molecule has 4 nitrogen and oxygen atoms in total. The van der Waals surface area contributed by atoms with Gasteiger partial charge in [-0.1, -0.05) is 13.8 Å². The van der Waals surface area contributed by atoms with E-state index < -0.39 is 0 Å². The van der Waals surface area contributed by atoms with Crippen molar-refractivity contribution >= 4 is 0 Å². The smallest absolute Gasteiger partial charge is 0.0472 e. The summed E-state index contributed by atoms with van der Waals surface area (Å²) in [6.45, 7) is 11.9. The minimum Gasteiger partial charge on any atom is -0.396 e. The summed E-state index contributed by atoms with van der Waals surface area (Å²) >= 11 is 0. The van der Waals surface area contributed by atoms with Crippen LogP contribution in [0.1, 0.15) is 39.5 Å². The second kappa shape index (κ2) is 9.70. The Bertz CT molecular complexity index is 218. The molecule has 114 valence electrons. The highest BCUT2D eigenvalue weighted by Crippen LogP contribution is 2.31. The van der Waals surface area contributed by atoms with Gasteiger partial charge in [0.15, 0.2) is 0 Å². The average Bonchev–Trinajstić information content (AvgIpc) is 2.45. The van der Waals surface area contributed by atoms with Crippen molar-refractivity contribution in [3.05, 3.63) is 0 Å². The Balaban J connectivity index is 2.50. The zero-order valence-corrected chi connectivity index (χ0v) is 12.8. The van der Waals surface area contributed by atoms with Crippen LogP contribution in [0.4, 0.5) is 0 Å². The summed E-state index contributed by atoms with van der Waals surface area (Å²) in [6.07, 6.45) is 4.37. The summed E-state index contributed by atoms with van der Waals surface area (Å²) in [6, 6.07) is 0. The van der Waals surface area contributed by atoms with Crippen LogP contribution in [0.15, 0.2) is 0 Å². The van der Waals surface area contributed by atoms with Crippen LogP contribution in [0, 0.1) is 5.41 Å². The minimum absolute atomic E-state index is 0.292. The first kappa shape index (κ1) is 16.9. The first-order valence-electron chi connectivity index (χ1n) is 7.88. The highest BCUT2D eigenvalue weighted by molar-refractivity contribution is 4.87. The van der Waals surface area contributed by atoms with Crippen LogP contribution in [0.2, 0.25) is 0 Å². The fourth-order valence-corrected chi connectivity index (χ4v) is 2.84. The summed E-state index contributed by atoms with van der Waals surface area (Å²) in [5, 5.41) is 12.6. The van der Waals surface area contributed by atoms with Gasteiger partial charge in [0, 0.05) is 39.5 Å². The molecule has 1 rings (SSSR count). The molecule has 0 spiro atoms. The number of aliphatic hydroxyl groups excluding tert-OH is 1. The largest absolute Gasteiger partial charge is 0.396 e. The number of ether oxygens (including phenoxy) is 1. The quantitative estimate of drug-likeness (QED) is 0.591. The van der Waals surface area contributed by atoms with Crippen LogP contribution in [0.25, 0.3) is 0 Å². The van der Waals surface area contributed by atoms with Crippen LogP contribution in [0.3, 0.4) is 0 Å². The standard InChI is InChI=1S/C15H32N2O2/c1-3-8-16-13-15(6-11-19-12-7-15)14-17(4-2)9-5-10-18/h16,18H,3-14H2,1-2H3. The van der Waals surface area contributed by atoms with E-state index in [9.17, 15) is 0 Å². The molecule has 19 heavy (non-hydrogen) atoms. The summed E-state index contributed by atoms with van der Waals surface area (Å²) < 4.78 is 5.54. The van der Waals surface area contributed by atoms with E-state index >= 15 is 0 Å². The van der Waals surface area contributed by atoms with Gasteiger partial charge >= 0.3 is 0 Å². The Morgan fingerprint density at radius 3 is 2.58 bits per heavy atom. The Hall–Kier alpha value is -0.160. The van der Waals surface area contributed by atoms with E-state index in [2.05, 4.69) is 24.1 Å². The Morgan fingerprint density at radius 1 is 1.26 bits per heavy atom. The van der Waals surface area contributed by atoms with Crippen molar-refractivity contribution in [2.45, 2.75) is 39.5 Å². The third-order valence-electron chi connectivity index (χ3n) is 4.12. The van der Waals surface area contributed by atoms with Gasteiger partial charge < -0.3 is 20.1 Å². The molecule has 0 aliphatic carbocycles. The molecule has 0 amide bonds. The molecule has 1 aliphatic rings. The molecule has 0 aromatic rings. The number of aliphatic hydroxyl groups is 1. The summed E-state index contributed by atoms with van der Waals surface area (Å²) in [5.41, 5.74) is 0.360. The second-order valence-corrected chi connectivity index (χ2v) is 5.74. The number of nitrogens with zero attached hydrogens (tertiary/aromatic N) is 1. The first-order valence-corrected chi connectivity index (χ1v) is 7.88. The summed E-state index contributed by atoms with van der Waals surface area (Å²) in [4.78, 5) is 2.48. The number of nitrogens with one attached hydrogen (secondary N) is 1. The fourth-order valence-electron chi connectivity index (χ4n) is 2.84.